The van der Waals surface area contributed by atoms with E-state index in [4.69, 9.17) is 0 Å². The molecule has 3 rings (SSSR count). The fourth-order valence-corrected chi connectivity index (χ4v) is 2.27. The quantitative estimate of drug-likeness (QED) is 0.801. The predicted octanol–water partition coefficient (Wildman–Crippen LogP) is -0.205. The van der Waals surface area contributed by atoms with E-state index in [9.17, 15) is 9.90 Å². The molecule has 2 aromatic heterocycles. The van der Waals surface area contributed by atoms with Gasteiger partial charge in [-0.05, 0) is 0 Å². The number of piperazine rings is 1. The molecule has 0 bridgehead atoms. The third kappa shape index (κ3) is 2.18. The second-order valence-corrected chi connectivity index (χ2v) is 4.64. The van der Waals surface area contributed by atoms with Crippen molar-refractivity contribution in [2.75, 3.05) is 31.1 Å². The number of anilines is 1. The molecule has 8 nitrogen and oxygen atoms in total. The largest absolute Gasteiger partial charge is 0.477 e. The molecule has 2 N–H and O–H groups in total. The number of aromatic nitrogens is 4. The minimum absolute atomic E-state index is 0.00101. The molecule has 0 aromatic carbocycles. The van der Waals surface area contributed by atoms with Crippen LogP contribution in [0.15, 0.2) is 6.07 Å². The summed E-state index contributed by atoms with van der Waals surface area (Å²) in [7, 11) is 0. The first kappa shape index (κ1) is 12.8. The van der Waals surface area contributed by atoms with Crippen LogP contribution in [-0.2, 0) is 6.42 Å². The summed E-state index contributed by atoms with van der Waals surface area (Å²) in [5.74, 6) is 0.692. The highest BCUT2D eigenvalue weighted by Crippen LogP contribution is 2.17. The zero-order valence-electron chi connectivity index (χ0n) is 11.2. The van der Waals surface area contributed by atoms with Crippen molar-refractivity contribution >= 4 is 17.6 Å². The molecule has 0 aliphatic carbocycles. The molecule has 0 unspecified atom stereocenters. The van der Waals surface area contributed by atoms with Crippen LogP contribution in [0.25, 0.3) is 5.78 Å². The van der Waals surface area contributed by atoms with Gasteiger partial charge in [-0.25, -0.2) is 9.78 Å². The minimum Gasteiger partial charge on any atom is -0.477 e. The number of carboxylic acid groups (broad SMARTS) is 1. The summed E-state index contributed by atoms with van der Waals surface area (Å²) in [6, 6.07) is 1.56. The molecule has 0 atom stereocenters. The molecule has 1 saturated heterocycles. The summed E-state index contributed by atoms with van der Waals surface area (Å²) in [6.07, 6.45) is 0.687. The Balaban J connectivity index is 2.15. The Morgan fingerprint density at radius 1 is 1.40 bits per heavy atom. The highest BCUT2D eigenvalue weighted by Gasteiger charge is 2.19. The van der Waals surface area contributed by atoms with Crippen LogP contribution in [0.1, 0.15) is 23.2 Å². The summed E-state index contributed by atoms with van der Waals surface area (Å²) in [4.78, 5) is 21.6. The van der Waals surface area contributed by atoms with Gasteiger partial charge in [-0.15, -0.1) is 5.10 Å². The summed E-state index contributed by atoms with van der Waals surface area (Å²) in [5.41, 5.74) is 0.00101. The second-order valence-electron chi connectivity index (χ2n) is 4.64. The number of nitrogens with zero attached hydrogens (tertiary/aromatic N) is 5. The van der Waals surface area contributed by atoms with E-state index in [1.807, 2.05) is 6.92 Å². The Morgan fingerprint density at radius 2 is 2.15 bits per heavy atom. The van der Waals surface area contributed by atoms with Gasteiger partial charge < -0.3 is 15.3 Å². The van der Waals surface area contributed by atoms with Gasteiger partial charge in [0.25, 0.3) is 5.78 Å². The van der Waals surface area contributed by atoms with E-state index in [0.717, 1.165) is 32.0 Å². The van der Waals surface area contributed by atoms with E-state index in [-0.39, 0.29) is 5.69 Å². The third-order valence-corrected chi connectivity index (χ3v) is 3.31. The maximum Gasteiger partial charge on any atom is 0.354 e. The monoisotopic (exact) mass is 276 g/mol. The first-order valence-corrected chi connectivity index (χ1v) is 6.64. The predicted molar refractivity (Wildman–Crippen MR) is 72.2 cm³/mol. The van der Waals surface area contributed by atoms with Crippen LogP contribution in [0, 0.1) is 0 Å². The van der Waals surface area contributed by atoms with Gasteiger partial charge in [0, 0.05) is 38.7 Å². The topological polar surface area (TPSA) is 95.6 Å². The number of nitrogens with one attached hydrogen (secondary N) is 1. The van der Waals surface area contributed by atoms with Gasteiger partial charge in [0.1, 0.15) is 5.82 Å². The van der Waals surface area contributed by atoms with Gasteiger partial charge in [-0.1, -0.05) is 6.92 Å². The van der Waals surface area contributed by atoms with Crippen molar-refractivity contribution in [1.29, 1.82) is 0 Å². The lowest BCUT2D eigenvalue weighted by Crippen LogP contribution is -2.44. The van der Waals surface area contributed by atoms with Crippen LogP contribution in [-0.4, -0.2) is 56.8 Å². The molecule has 3 heterocycles. The molecule has 1 aliphatic rings. The lowest BCUT2D eigenvalue weighted by atomic mass is 10.3. The zero-order valence-corrected chi connectivity index (χ0v) is 11.2. The van der Waals surface area contributed by atoms with E-state index in [1.165, 1.54) is 0 Å². The fraction of sp³-hybridized carbons (Fsp3) is 0.500. The molecule has 106 valence electrons. The Kier molecular flexibility index (Phi) is 3.23. The van der Waals surface area contributed by atoms with Crippen LogP contribution in [0.3, 0.4) is 0 Å². The lowest BCUT2D eigenvalue weighted by molar-refractivity contribution is 0.0690. The molecule has 2 aromatic rings. The van der Waals surface area contributed by atoms with Crippen LogP contribution in [0.4, 0.5) is 5.82 Å². The number of aromatic carboxylic acids is 1. The summed E-state index contributed by atoms with van der Waals surface area (Å²) >= 11 is 0. The van der Waals surface area contributed by atoms with Crippen molar-refractivity contribution in [1.82, 2.24) is 24.9 Å². The van der Waals surface area contributed by atoms with Crippen molar-refractivity contribution in [3.63, 3.8) is 0 Å². The van der Waals surface area contributed by atoms with Crippen molar-refractivity contribution < 1.29 is 9.90 Å². The SMILES string of the molecule is CCc1nc2nc(C(=O)O)cc(N3CCNCC3)n2n1. The number of rotatable bonds is 3. The maximum absolute atomic E-state index is 11.2. The molecule has 1 fully saturated rings. The number of carbonyl (C=O) groups is 1. The Labute approximate surface area is 115 Å². The van der Waals surface area contributed by atoms with Crippen molar-refractivity contribution in [3.8, 4) is 0 Å². The Hall–Kier alpha value is -2.22. The molecule has 0 radical (unpaired) electrons. The van der Waals surface area contributed by atoms with Gasteiger partial charge in [0.05, 0.1) is 0 Å². The summed E-state index contributed by atoms with van der Waals surface area (Å²) in [6.45, 7) is 5.29. The highest BCUT2D eigenvalue weighted by atomic mass is 16.4. The average molecular weight is 276 g/mol. The maximum atomic E-state index is 11.2. The van der Waals surface area contributed by atoms with Crippen molar-refractivity contribution in [3.05, 3.63) is 17.6 Å². The number of aryl methyl sites for hydroxylation is 1. The van der Waals surface area contributed by atoms with E-state index in [2.05, 4.69) is 25.3 Å². The summed E-state index contributed by atoms with van der Waals surface area (Å²) < 4.78 is 1.64. The van der Waals surface area contributed by atoms with Crippen molar-refractivity contribution in [2.24, 2.45) is 0 Å². The molecule has 0 saturated carbocycles. The number of hydrogen-bond acceptors (Lipinski definition) is 6. The summed E-state index contributed by atoms with van der Waals surface area (Å²) in [5, 5.41) is 16.8. The van der Waals surface area contributed by atoms with Crippen molar-refractivity contribution in [2.45, 2.75) is 13.3 Å². The van der Waals surface area contributed by atoms with Crippen LogP contribution < -0.4 is 10.2 Å². The first-order valence-electron chi connectivity index (χ1n) is 6.64. The molecular formula is C12H16N6O2. The molecule has 8 heteroatoms. The van der Waals surface area contributed by atoms with E-state index >= 15 is 0 Å². The van der Waals surface area contributed by atoms with E-state index in [1.54, 1.807) is 10.6 Å². The van der Waals surface area contributed by atoms with Gasteiger partial charge in [-0.2, -0.15) is 9.50 Å². The van der Waals surface area contributed by atoms with Crippen LogP contribution in [0.2, 0.25) is 0 Å². The Morgan fingerprint density at radius 3 is 2.80 bits per heavy atom. The van der Waals surface area contributed by atoms with Crippen LogP contribution >= 0.6 is 0 Å². The molecule has 1 aliphatic heterocycles. The first-order chi connectivity index (χ1) is 9.69. The second kappa shape index (κ2) is 5.04. The number of carboxylic acids is 1. The van der Waals surface area contributed by atoms with Gasteiger partial charge in [0.15, 0.2) is 11.5 Å². The molecular weight excluding hydrogens is 260 g/mol. The average Bonchev–Trinajstić information content (AvgIpc) is 2.90. The zero-order chi connectivity index (χ0) is 14.1. The van der Waals surface area contributed by atoms with Crippen LogP contribution in [0.5, 0.6) is 0 Å². The van der Waals surface area contributed by atoms with Gasteiger partial charge in [-0.3, -0.25) is 0 Å². The van der Waals surface area contributed by atoms with E-state index in [0.29, 0.717) is 18.0 Å². The Bertz CT molecular complexity index is 647. The fourth-order valence-electron chi connectivity index (χ4n) is 2.27. The number of hydrogen-bond donors (Lipinski definition) is 2. The standard InChI is InChI=1S/C12H16N6O2/c1-2-9-15-12-14-8(11(19)20)7-10(18(12)16-9)17-5-3-13-4-6-17/h7,13H,2-6H2,1H3,(H,19,20). The molecule has 20 heavy (non-hydrogen) atoms. The van der Waals surface area contributed by atoms with Gasteiger partial charge >= 0.3 is 5.97 Å². The normalized spacial score (nSPS) is 15.8. The molecule has 0 spiro atoms. The third-order valence-electron chi connectivity index (χ3n) is 3.31. The lowest BCUT2D eigenvalue weighted by Gasteiger charge is -2.29. The molecule has 0 amide bonds. The van der Waals surface area contributed by atoms with Gasteiger partial charge in [0.2, 0.25) is 0 Å². The minimum atomic E-state index is -1.05. The smallest absolute Gasteiger partial charge is 0.354 e. The van der Waals surface area contributed by atoms with E-state index < -0.39 is 5.97 Å². The number of fused-ring (bicyclic) bond motifs is 1. The highest BCUT2D eigenvalue weighted by molar-refractivity contribution is 5.87.